The molecule has 2 rings (SSSR count). The van der Waals surface area contributed by atoms with Gasteiger partial charge in [-0.1, -0.05) is 19.8 Å². The largest absolute Gasteiger partial charge is 0.314 e. The summed E-state index contributed by atoms with van der Waals surface area (Å²) in [7, 11) is 0. The molecule has 1 atom stereocenters. The zero-order chi connectivity index (χ0) is 12.8. The van der Waals surface area contributed by atoms with Crippen LogP contribution in [-0.2, 0) is 0 Å². The molecule has 0 aromatic rings. The molecule has 0 bridgehead atoms. The topological polar surface area (TPSA) is 15.3 Å². The van der Waals surface area contributed by atoms with E-state index in [0.717, 1.165) is 5.41 Å². The van der Waals surface area contributed by atoms with Gasteiger partial charge in [-0.05, 0) is 77.0 Å². The van der Waals surface area contributed by atoms with Crippen LogP contribution in [0.25, 0.3) is 0 Å². The third kappa shape index (κ3) is 3.96. The standard InChI is InChI=1S/C16H32N2/c1-3-11-17-15(2)6-12-18-13-9-16(10-14-18)7-4-5-8-16/h15,17H,3-14H2,1-2H3. The van der Waals surface area contributed by atoms with Crippen LogP contribution in [0.3, 0.4) is 0 Å². The lowest BCUT2D eigenvalue weighted by Gasteiger charge is -2.39. The quantitative estimate of drug-likeness (QED) is 0.779. The number of nitrogens with zero attached hydrogens (tertiary/aromatic N) is 1. The van der Waals surface area contributed by atoms with Gasteiger partial charge in [0.2, 0.25) is 0 Å². The maximum absolute atomic E-state index is 3.59. The fraction of sp³-hybridized carbons (Fsp3) is 1.00. The van der Waals surface area contributed by atoms with Gasteiger partial charge >= 0.3 is 0 Å². The van der Waals surface area contributed by atoms with Crippen LogP contribution in [0.15, 0.2) is 0 Å². The van der Waals surface area contributed by atoms with E-state index in [-0.39, 0.29) is 0 Å². The molecule has 2 heteroatoms. The molecule has 1 unspecified atom stereocenters. The summed E-state index contributed by atoms with van der Waals surface area (Å²) in [5.41, 5.74) is 0.780. The zero-order valence-electron chi connectivity index (χ0n) is 12.5. The van der Waals surface area contributed by atoms with Crippen LogP contribution in [0.1, 0.15) is 65.2 Å². The van der Waals surface area contributed by atoms with Crippen molar-refractivity contribution in [3.8, 4) is 0 Å². The van der Waals surface area contributed by atoms with Gasteiger partial charge < -0.3 is 10.2 Å². The Morgan fingerprint density at radius 3 is 2.39 bits per heavy atom. The molecule has 1 aliphatic carbocycles. The van der Waals surface area contributed by atoms with Crippen molar-refractivity contribution in [1.82, 2.24) is 10.2 Å². The van der Waals surface area contributed by atoms with E-state index in [2.05, 4.69) is 24.1 Å². The molecule has 1 saturated heterocycles. The van der Waals surface area contributed by atoms with Gasteiger partial charge in [-0.2, -0.15) is 0 Å². The molecular weight excluding hydrogens is 220 g/mol. The summed E-state index contributed by atoms with van der Waals surface area (Å²) in [4.78, 5) is 2.70. The fourth-order valence-corrected chi connectivity index (χ4v) is 3.75. The second-order valence-electron chi connectivity index (χ2n) is 6.69. The predicted octanol–water partition coefficient (Wildman–Crippen LogP) is 3.42. The minimum Gasteiger partial charge on any atom is -0.314 e. The lowest BCUT2D eigenvalue weighted by Crippen LogP contribution is -2.41. The zero-order valence-corrected chi connectivity index (χ0v) is 12.5. The van der Waals surface area contributed by atoms with E-state index >= 15 is 0 Å². The van der Waals surface area contributed by atoms with E-state index < -0.39 is 0 Å². The molecule has 0 aromatic heterocycles. The number of hydrogen-bond acceptors (Lipinski definition) is 2. The van der Waals surface area contributed by atoms with E-state index in [9.17, 15) is 0 Å². The molecule has 0 aromatic carbocycles. The van der Waals surface area contributed by atoms with E-state index in [1.54, 1.807) is 0 Å². The van der Waals surface area contributed by atoms with Gasteiger partial charge in [0, 0.05) is 6.04 Å². The van der Waals surface area contributed by atoms with Crippen molar-refractivity contribution in [2.24, 2.45) is 5.41 Å². The second-order valence-corrected chi connectivity index (χ2v) is 6.69. The van der Waals surface area contributed by atoms with Gasteiger partial charge in [0.05, 0.1) is 0 Å². The Hall–Kier alpha value is -0.0800. The predicted molar refractivity (Wildman–Crippen MR) is 78.9 cm³/mol. The molecule has 0 radical (unpaired) electrons. The summed E-state index contributed by atoms with van der Waals surface area (Å²) in [6.07, 6.45) is 11.6. The van der Waals surface area contributed by atoms with Gasteiger partial charge in [-0.15, -0.1) is 0 Å². The monoisotopic (exact) mass is 252 g/mol. The first-order valence-electron chi connectivity index (χ1n) is 8.20. The van der Waals surface area contributed by atoms with Crippen LogP contribution < -0.4 is 5.32 Å². The Kier molecular flexibility index (Phi) is 5.50. The summed E-state index contributed by atoms with van der Waals surface area (Å²) in [6.45, 7) is 9.77. The van der Waals surface area contributed by atoms with Crippen LogP contribution in [0.4, 0.5) is 0 Å². The Labute approximate surface area is 114 Å². The highest BCUT2D eigenvalue weighted by Crippen LogP contribution is 2.46. The summed E-state index contributed by atoms with van der Waals surface area (Å²) in [5, 5.41) is 3.59. The first-order valence-corrected chi connectivity index (χ1v) is 8.20. The highest BCUT2D eigenvalue weighted by atomic mass is 15.1. The van der Waals surface area contributed by atoms with Crippen molar-refractivity contribution in [1.29, 1.82) is 0 Å². The Morgan fingerprint density at radius 1 is 1.11 bits per heavy atom. The minimum absolute atomic E-state index is 0.687. The lowest BCUT2D eigenvalue weighted by atomic mass is 9.77. The number of nitrogens with one attached hydrogen (secondary N) is 1. The fourth-order valence-electron chi connectivity index (χ4n) is 3.75. The third-order valence-corrected chi connectivity index (χ3v) is 5.20. The van der Waals surface area contributed by atoms with Crippen molar-refractivity contribution in [3.63, 3.8) is 0 Å². The Morgan fingerprint density at radius 2 is 1.78 bits per heavy atom. The van der Waals surface area contributed by atoms with Crippen molar-refractivity contribution < 1.29 is 0 Å². The Bertz CT molecular complexity index is 223. The van der Waals surface area contributed by atoms with E-state index in [4.69, 9.17) is 0 Å². The maximum atomic E-state index is 3.59. The number of likely N-dealkylation sites (tertiary alicyclic amines) is 1. The smallest absolute Gasteiger partial charge is 0.00508 e. The molecule has 1 spiro atoms. The van der Waals surface area contributed by atoms with Crippen molar-refractivity contribution in [3.05, 3.63) is 0 Å². The van der Waals surface area contributed by atoms with Crippen molar-refractivity contribution in [2.75, 3.05) is 26.2 Å². The molecule has 2 aliphatic rings. The molecule has 1 heterocycles. The van der Waals surface area contributed by atoms with Crippen molar-refractivity contribution >= 4 is 0 Å². The minimum atomic E-state index is 0.687. The van der Waals surface area contributed by atoms with Crippen LogP contribution in [-0.4, -0.2) is 37.1 Å². The molecule has 18 heavy (non-hydrogen) atoms. The summed E-state index contributed by atoms with van der Waals surface area (Å²) in [6, 6.07) is 0.687. The van der Waals surface area contributed by atoms with E-state index in [1.807, 2.05) is 0 Å². The normalized spacial score (nSPS) is 25.7. The van der Waals surface area contributed by atoms with Gasteiger partial charge in [-0.3, -0.25) is 0 Å². The van der Waals surface area contributed by atoms with Crippen molar-refractivity contribution in [2.45, 2.75) is 71.3 Å². The van der Waals surface area contributed by atoms with Gasteiger partial charge in [-0.25, -0.2) is 0 Å². The molecule has 0 amide bonds. The van der Waals surface area contributed by atoms with Gasteiger partial charge in [0.15, 0.2) is 0 Å². The lowest BCUT2D eigenvalue weighted by molar-refractivity contribution is 0.106. The first kappa shape index (κ1) is 14.3. The summed E-state index contributed by atoms with van der Waals surface area (Å²) in [5.74, 6) is 0. The van der Waals surface area contributed by atoms with E-state index in [1.165, 1.54) is 77.5 Å². The molecule has 2 fully saturated rings. The maximum Gasteiger partial charge on any atom is 0.00508 e. The molecule has 1 N–H and O–H groups in total. The highest BCUT2D eigenvalue weighted by molar-refractivity contribution is 4.89. The summed E-state index contributed by atoms with van der Waals surface area (Å²) >= 11 is 0. The van der Waals surface area contributed by atoms with E-state index in [0.29, 0.717) is 6.04 Å². The molecule has 1 saturated carbocycles. The first-order chi connectivity index (χ1) is 8.74. The molecular formula is C16H32N2. The number of rotatable bonds is 6. The molecule has 2 nitrogen and oxygen atoms in total. The van der Waals surface area contributed by atoms with Gasteiger partial charge in [0.1, 0.15) is 0 Å². The number of hydrogen-bond donors (Lipinski definition) is 1. The summed E-state index contributed by atoms with van der Waals surface area (Å²) < 4.78 is 0. The van der Waals surface area contributed by atoms with Gasteiger partial charge in [0.25, 0.3) is 0 Å². The van der Waals surface area contributed by atoms with Crippen LogP contribution >= 0.6 is 0 Å². The average Bonchev–Trinajstić information content (AvgIpc) is 2.84. The average molecular weight is 252 g/mol. The number of piperidine rings is 1. The van der Waals surface area contributed by atoms with Crippen LogP contribution in [0, 0.1) is 5.41 Å². The molecule has 1 aliphatic heterocycles. The van der Waals surface area contributed by atoms with Crippen LogP contribution in [0.5, 0.6) is 0 Å². The SMILES string of the molecule is CCCNC(C)CCN1CCC2(CCCC2)CC1. The molecule has 106 valence electrons. The second kappa shape index (κ2) is 6.91. The third-order valence-electron chi connectivity index (χ3n) is 5.20. The highest BCUT2D eigenvalue weighted by Gasteiger charge is 2.36. The Balaban J connectivity index is 1.61. The van der Waals surface area contributed by atoms with Crippen LogP contribution in [0.2, 0.25) is 0 Å².